The van der Waals surface area contributed by atoms with Crippen molar-refractivity contribution in [1.82, 2.24) is 9.55 Å². The summed E-state index contributed by atoms with van der Waals surface area (Å²) in [6, 6.07) is 0.0710. The van der Waals surface area contributed by atoms with Crippen molar-refractivity contribution in [2.75, 3.05) is 7.11 Å². The van der Waals surface area contributed by atoms with Crippen LogP contribution >= 0.6 is 0 Å². The zero-order valence-corrected chi connectivity index (χ0v) is 10.7. The third-order valence-electron chi connectivity index (χ3n) is 2.97. The molecule has 2 N–H and O–H groups in total. The molecular formula is C12H23N3O. The van der Waals surface area contributed by atoms with Crippen molar-refractivity contribution in [1.29, 1.82) is 0 Å². The second-order valence-corrected chi connectivity index (χ2v) is 4.60. The molecular weight excluding hydrogens is 202 g/mol. The third kappa shape index (κ3) is 3.32. The predicted molar refractivity (Wildman–Crippen MR) is 65.1 cm³/mol. The summed E-state index contributed by atoms with van der Waals surface area (Å²) in [6.07, 6.45) is 5.70. The van der Waals surface area contributed by atoms with Crippen LogP contribution in [0.1, 0.15) is 26.1 Å². The Morgan fingerprint density at radius 1 is 1.50 bits per heavy atom. The van der Waals surface area contributed by atoms with Crippen LogP contribution < -0.4 is 5.73 Å². The molecule has 1 rings (SSSR count). The van der Waals surface area contributed by atoms with Gasteiger partial charge in [-0.05, 0) is 12.3 Å². The molecule has 0 saturated heterocycles. The van der Waals surface area contributed by atoms with E-state index in [0.29, 0.717) is 5.92 Å². The lowest BCUT2D eigenvalue weighted by Gasteiger charge is -2.25. The van der Waals surface area contributed by atoms with Gasteiger partial charge in [0.1, 0.15) is 5.82 Å². The van der Waals surface area contributed by atoms with Gasteiger partial charge in [0.25, 0.3) is 0 Å². The zero-order chi connectivity index (χ0) is 12.1. The van der Waals surface area contributed by atoms with Crippen LogP contribution in [0, 0.1) is 5.92 Å². The Balaban J connectivity index is 2.46. The monoisotopic (exact) mass is 225 g/mol. The average Bonchev–Trinajstić information content (AvgIpc) is 2.61. The summed E-state index contributed by atoms with van der Waals surface area (Å²) in [6.45, 7) is 4.27. The number of methoxy groups -OCH3 is 1. The Kier molecular flexibility index (Phi) is 4.96. The zero-order valence-electron chi connectivity index (χ0n) is 10.7. The van der Waals surface area contributed by atoms with Gasteiger partial charge in [-0.3, -0.25) is 0 Å². The molecule has 0 aliphatic heterocycles. The fraction of sp³-hybridized carbons (Fsp3) is 0.750. The lowest BCUT2D eigenvalue weighted by atomic mass is 9.96. The van der Waals surface area contributed by atoms with E-state index in [4.69, 9.17) is 10.5 Å². The van der Waals surface area contributed by atoms with Crippen molar-refractivity contribution in [2.24, 2.45) is 18.7 Å². The number of imidazole rings is 1. The van der Waals surface area contributed by atoms with Gasteiger partial charge in [-0.15, -0.1) is 0 Å². The first-order valence-corrected chi connectivity index (χ1v) is 5.80. The second-order valence-electron chi connectivity index (χ2n) is 4.60. The van der Waals surface area contributed by atoms with Crippen LogP contribution in [-0.2, 0) is 18.2 Å². The third-order valence-corrected chi connectivity index (χ3v) is 2.97. The van der Waals surface area contributed by atoms with Gasteiger partial charge in [0.15, 0.2) is 0 Å². The molecule has 0 aromatic carbocycles. The van der Waals surface area contributed by atoms with Crippen LogP contribution in [0.4, 0.5) is 0 Å². The van der Waals surface area contributed by atoms with E-state index < -0.39 is 0 Å². The van der Waals surface area contributed by atoms with Crippen molar-refractivity contribution in [3.63, 3.8) is 0 Å². The number of rotatable bonds is 6. The van der Waals surface area contributed by atoms with Gasteiger partial charge < -0.3 is 15.0 Å². The van der Waals surface area contributed by atoms with Crippen molar-refractivity contribution in [3.05, 3.63) is 18.2 Å². The van der Waals surface area contributed by atoms with Crippen LogP contribution in [0.5, 0.6) is 0 Å². The minimum absolute atomic E-state index is 0.0710. The lowest BCUT2D eigenvalue weighted by Crippen LogP contribution is -2.40. The summed E-state index contributed by atoms with van der Waals surface area (Å²) >= 11 is 0. The molecule has 0 spiro atoms. The van der Waals surface area contributed by atoms with E-state index in [9.17, 15) is 0 Å². The minimum Gasteiger partial charge on any atom is -0.380 e. The minimum atomic E-state index is 0.0710. The first-order valence-electron chi connectivity index (χ1n) is 5.80. The molecule has 92 valence electrons. The van der Waals surface area contributed by atoms with Crippen LogP contribution in [0.3, 0.4) is 0 Å². The summed E-state index contributed by atoms with van der Waals surface area (Å²) in [7, 11) is 3.73. The van der Waals surface area contributed by atoms with Crippen molar-refractivity contribution in [3.8, 4) is 0 Å². The summed E-state index contributed by atoms with van der Waals surface area (Å²) < 4.78 is 7.45. The van der Waals surface area contributed by atoms with E-state index in [0.717, 1.165) is 18.7 Å². The maximum absolute atomic E-state index is 6.13. The number of aromatic nitrogens is 2. The van der Waals surface area contributed by atoms with Gasteiger partial charge in [0.2, 0.25) is 0 Å². The van der Waals surface area contributed by atoms with Crippen molar-refractivity contribution < 1.29 is 4.74 Å². The predicted octanol–water partition coefficient (Wildman–Crippen LogP) is 1.35. The van der Waals surface area contributed by atoms with E-state index in [1.54, 1.807) is 7.11 Å². The number of hydrogen-bond donors (Lipinski definition) is 1. The fourth-order valence-corrected chi connectivity index (χ4v) is 2.04. The van der Waals surface area contributed by atoms with Crippen molar-refractivity contribution >= 4 is 0 Å². The number of aryl methyl sites for hydroxylation is 2. The Morgan fingerprint density at radius 2 is 2.19 bits per heavy atom. The Bertz CT molecular complexity index is 309. The maximum atomic E-state index is 6.13. The molecule has 0 radical (unpaired) electrons. The SMILES string of the molecule is COC(C(C)C)C(N)CCc1nccn1C. The Hall–Kier alpha value is -0.870. The molecule has 2 atom stereocenters. The van der Waals surface area contributed by atoms with Crippen molar-refractivity contribution in [2.45, 2.75) is 38.8 Å². The highest BCUT2D eigenvalue weighted by Crippen LogP contribution is 2.13. The molecule has 0 fully saturated rings. The molecule has 2 unspecified atom stereocenters. The van der Waals surface area contributed by atoms with Gasteiger partial charge in [-0.2, -0.15) is 0 Å². The normalized spacial score (nSPS) is 15.4. The number of nitrogens with two attached hydrogens (primary N) is 1. The van der Waals surface area contributed by atoms with Gasteiger partial charge >= 0.3 is 0 Å². The van der Waals surface area contributed by atoms with Crippen LogP contribution in [0.2, 0.25) is 0 Å². The second kappa shape index (κ2) is 6.01. The molecule has 4 nitrogen and oxygen atoms in total. The molecule has 0 aliphatic rings. The molecule has 0 bridgehead atoms. The quantitative estimate of drug-likeness (QED) is 0.795. The molecule has 1 aromatic rings. The Labute approximate surface area is 97.8 Å². The molecule has 1 heterocycles. The highest BCUT2D eigenvalue weighted by molar-refractivity contribution is 4.92. The van der Waals surface area contributed by atoms with Gasteiger partial charge in [0, 0.05) is 39.0 Å². The number of hydrogen-bond acceptors (Lipinski definition) is 3. The molecule has 16 heavy (non-hydrogen) atoms. The number of nitrogens with zero attached hydrogens (tertiary/aromatic N) is 2. The fourth-order valence-electron chi connectivity index (χ4n) is 2.04. The summed E-state index contributed by atoms with van der Waals surface area (Å²) in [4.78, 5) is 4.28. The molecule has 0 amide bonds. The molecule has 1 aromatic heterocycles. The van der Waals surface area contributed by atoms with Gasteiger partial charge in [-0.25, -0.2) is 4.98 Å². The summed E-state index contributed by atoms with van der Waals surface area (Å²) in [5.41, 5.74) is 6.13. The number of ether oxygens (including phenoxy) is 1. The summed E-state index contributed by atoms with van der Waals surface area (Å²) in [5, 5.41) is 0. The van der Waals surface area contributed by atoms with Gasteiger partial charge in [-0.1, -0.05) is 13.8 Å². The maximum Gasteiger partial charge on any atom is 0.108 e. The van der Waals surface area contributed by atoms with Crippen LogP contribution in [0.15, 0.2) is 12.4 Å². The summed E-state index contributed by atoms with van der Waals surface area (Å²) in [5.74, 6) is 1.52. The van der Waals surface area contributed by atoms with E-state index in [1.807, 2.05) is 24.0 Å². The molecule has 0 aliphatic carbocycles. The van der Waals surface area contributed by atoms with E-state index in [2.05, 4.69) is 18.8 Å². The molecule has 4 heteroatoms. The first-order chi connectivity index (χ1) is 7.56. The molecule has 0 saturated carbocycles. The van der Waals surface area contributed by atoms with E-state index in [-0.39, 0.29) is 12.1 Å². The first kappa shape index (κ1) is 13.2. The van der Waals surface area contributed by atoms with E-state index in [1.165, 1.54) is 0 Å². The highest BCUT2D eigenvalue weighted by Gasteiger charge is 2.20. The van der Waals surface area contributed by atoms with E-state index >= 15 is 0 Å². The largest absolute Gasteiger partial charge is 0.380 e. The van der Waals surface area contributed by atoms with Crippen LogP contribution in [0.25, 0.3) is 0 Å². The standard InChI is InChI=1S/C12H23N3O/c1-9(2)12(16-4)10(13)5-6-11-14-7-8-15(11)3/h7-10,12H,5-6,13H2,1-4H3. The Morgan fingerprint density at radius 3 is 2.62 bits per heavy atom. The highest BCUT2D eigenvalue weighted by atomic mass is 16.5. The topological polar surface area (TPSA) is 53.1 Å². The average molecular weight is 225 g/mol. The lowest BCUT2D eigenvalue weighted by molar-refractivity contribution is 0.0418. The van der Waals surface area contributed by atoms with Gasteiger partial charge in [0.05, 0.1) is 6.10 Å². The smallest absolute Gasteiger partial charge is 0.108 e. The van der Waals surface area contributed by atoms with Crippen LogP contribution in [-0.4, -0.2) is 28.8 Å².